The largest absolute Gasteiger partial charge is 0.383 e. The Morgan fingerprint density at radius 2 is 2.14 bits per heavy atom. The molecule has 1 heterocycles. The van der Waals surface area contributed by atoms with Crippen LogP contribution in [0.25, 0.3) is 10.2 Å². The van der Waals surface area contributed by atoms with Crippen LogP contribution in [0.4, 0.5) is 4.39 Å². The van der Waals surface area contributed by atoms with Gasteiger partial charge in [0.2, 0.25) is 0 Å². The molecular formula is C10H10FNOS. The van der Waals surface area contributed by atoms with Gasteiger partial charge in [-0.25, -0.2) is 9.37 Å². The van der Waals surface area contributed by atoms with Gasteiger partial charge in [-0.15, -0.1) is 11.3 Å². The zero-order chi connectivity index (χ0) is 10.3. The van der Waals surface area contributed by atoms with E-state index in [0.29, 0.717) is 10.5 Å². The third kappa shape index (κ3) is 1.63. The molecule has 2 rings (SSSR count). The number of fused-ring (bicyclic) bond motifs is 1. The second kappa shape index (κ2) is 3.00. The minimum atomic E-state index is -0.958. The number of halogens is 1. The molecule has 0 bridgehead atoms. The van der Waals surface area contributed by atoms with Gasteiger partial charge in [-0.05, 0) is 26.0 Å². The number of rotatable bonds is 1. The maximum Gasteiger partial charge on any atom is 0.125 e. The molecule has 0 unspecified atom stereocenters. The van der Waals surface area contributed by atoms with Gasteiger partial charge in [-0.2, -0.15) is 0 Å². The quantitative estimate of drug-likeness (QED) is 0.786. The Labute approximate surface area is 85.0 Å². The molecule has 1 aromatic carbocycles. The number of aromatic nitrogens is 1. The summed E-state index contributed by atoms with van der Waals surface area (Å²) >= 11 is 1.39. The molecule has 74 valence electrons. The van der Waals surface area contributed by atoms with Crippen LogP contribution < -0.4 is 0 Å². The lowest BCUT2D eigenvalue weighted by Crippen LogP contribution is -2.14. The number of hydrogen-bond donors (Lipinski definition) is 1. The predicted molar refractivity (Wildman–Crippen MR) is 54.8 cm³/mol. The molecule has 0 aliphatic rings. The Hall–Kier alpha value is -1.00. The maximum absolute atomic E-state index is 12.8. The van der Waals surface area contributed by atoms with Crippen LogP contribution in [0.15, 0.2) is 18.2 Å². The Bertz CT molecular complexity index is 472. The first kappa shape index (κ1) is 9.55. The van der Waals surface area contributed by atoms with Crippen molar-refractivity contribution >= 4 is 21.6 Å². The summed E-state index contributed by atoms with van der Waals surface area (Å²) in [4.78, 5) is 4.17. The van der Waals surface area contributed by atoms with Crippen molar-refractivity contribution in [1.29, 1.82) is 0 Å². The summed E-state index contributed by atoms with van der Waals surface area (Å²) in [5, 5.41) is 10.3. The fourth-order valence-corrected chi connectivity index (χ4v) is 2.11. The van der Waals surface area contributed by atoms with Crippen LogP contribution in [0.2, 0.25) is 0 Å². The van der Waals surface area contributed by atoms with Gasteiger partial charge < -0.3 is 5.11 Å². The molecule has 0 saturated carbocycles. The summed E-state index contributed by atoms with van der Waals surface area (Å²) in [6, 6.07) is 4.45. The van der Waals surface area contributed by atoms with Crippen LogP contribution in [-0.2, 0) is 5.60 Å². The first-order chi connectivity index (χ1) is 6.47. The predicted octanol–water partition coefficient (Wildman–Crippen LogP) is 2.66. The summed E-state index contributed by atoms with van der Waals surface area (Å²) in [5.74, 6) is -0.301. The van der Waals surface area contributed by atoms with Gasteiger partial charge in [0.05, 0.1) is 10.2 Å². The van der Waals surface area contributed by atoms with Crippen molar-refractivity contribution in [1.82, 2.24) is 4.98 Å². The lowest BCUT2D eigenvalue weighted by Gasteiger charge is -2.11. The van der Waals surface area contributed by atoms with Crippen molar-refractivity contribution in [2.75, 3.05) is 0 Å². The zero-order valence-corrected chi connectivity index (χ0v) is 8.73. The van der Waals surface area contributed by atoms with Crippen LogP contribution in [-0.4, -0.2) is 10.1 Å². The molecule has 1 N–H and O–H groups in total. The summed E-state index contributed by atoms with van der Waals surface area (Å²) in [5.41, 5.74) is -0.354. The van der Waals surface area contributed by atoms with Gasteiger partial charge in [-0.1, -0.05) is 0 Å². The molecule has 2 aromatic rings. The first-order valence-electron chi connectivity index (χ1n) is 4.26. The summed E-state index contributed by atoms with van der Waals surface area (Å²) in [7, 11) is 0. The fraction of sp³-hybridized carbons (Fsp3) is 0.300. The van der Waals surface area contributed by atoms with Crippen molar-refractivity contribution in [3.05, 3.63) is 29.0 Å². The van der Waals surface area contributed by atoms with E-state index in [1.807, 2.05) is 0 Å². The highest BCUT2D eigenvalue weighted by molar-refractivity contribution is 7.18. The molecule has 0 radical (unpaired) electrons. The molecule has 0 atom stereocenters. The number of hydrogen-bond acceptors (Lipinski definition) is 3. The molecule has 14 heavy (non-hydrogen) atoms. The Morgan fingerprint density at radius 1 is 1.43 bits per heavy atom. The smallest absolute Gasteiger partial charge is 0.125 e. The Morgan fingerprint density at radius 3 is 2.79 bits per heavy atom. The standard InChI is InChI=1S/C10H10FNOS/c1-10(2,13)9-12-7-5-6(11)3-4-8(7)14-9/h3-5,13H,1-2H3. The van der Waals surface area contributed by atoms with E-state index in [-0.39, 0.29) is 5.82 Å². The average molecular weight is 211 g/mol. The molecule has 0 aliphatic heterocycles. The minimum absolute atomic E-state index is 0.301. The van der Waals surface area contributed by atoms with E-state index in [9.17, 15) is 9.50 Å². The van der Waals surface area contributed by atoms with Gasteiger partial charge in [0.1, 0.15) is 16.4 Å². The number of nitrogens with zero attached hydrogens (tertiary/aromatic N) is 1. The van der Waals surface area contributed by atoms with E-state index in [2.05, 4.69) is 4.98 Å². The van der Waals surface area contributed by atoms with Gasteiger partial charge in [0.15, 0.2) is 0 Å². The Kier molecular flexibility index (Phi) is 2.05. The van der Waals surface area contributed by atoms with Gasteiger partial charge in [0, 0.05) is 6.07 Å². The van der Waals surface area contributed by atoms with E-state index in [1.165, 1.54) is 23.5 Å². The fourth-order valence-electron chi connectivity index (χ4n) is 1.16. The summed E-state index contributed by atoms with van der Waals surface area (Å²) < 4.78 is 13.7. The molecule has 0 saturated heterocycles. The molecule has 0 aliphatic carbocycles. The molecular weight excluding hydrogens is 201 g/mol. The first-order valence-corrected chi connectivity index (χ1v) is 5.07. The SMILES string of the molecule is CC(C)(O)c1nc2cc(F)ccc2s1. The zero-order valence-electron chi connectivity index (χ0n) is 7.91. The lowest BCUT2D eigenvalue weighted by atomic mass is 10.2. The van der Waals surface area contributed by atoms with Gasteiger partial charge in [0.25, 0.3) is 0 Å². The van der Waals surface area contributed by atoms with Crippen molar-refractivity contribution in [3.8, 4) is 0 Å². The highest BCUT2D eigenvalue weighted by Crippen LogP contribution is 2.29. The van der Waals surface area contributed by atoms with E-state index in [1.54, 1.807) is 19.9 Å². The van der Waals surface area contributed by atoms with Crippen molar-refractivity contribution in [2.45, 2.75) is 19.4 Å². The van der Waals surface area contributed by atoms with Gasteiger partial charge >= 0.3 is 0 Å². The van der Waals surface area contributed by atoms with Crippen LogP contribution in [0.5, 0.6) is 0 Å². The Balaban J connectivity index is 2.63. The molecule has 4 heteroatoms. The average Bonchev–Trinajstić information content (AvgIpc) is 2.45. The van der Waals surface area contributed by atoms with Crippen LogP contribution in [0, 0.1) is 5.82 Å². The molecule has 0 fully saturated rings. The summed E-state index contributed by atoms with van der Waals surface area (Å²) in [6.07, 6.45) is 0. The second-order valence-electron chi connectivity index (χ2n) is 3.69. The number of thiazole rings is 1. The third-order valence-electron chi connectivity index (χ3n) is 1.87. The lowest BCUT2D eigenvalue weighted by molar-refractivity contribution is 0.0785. The molecule has 2 nitrogen and oxygen atoms in total. The topological polar surface area (TPSA) is 33.1 Å². The monoisotopic (exact) mass is 211 g/mol. The van der Waals surface area contributed by atoms with E-state index >= 15 is 0 Å². The number of aliphatic hydroxyl groups is 1. The van der Waals surface area contributed by atoms with Crippen LogP contribution in [0.3, 0.4) is 0 Å². The summed E-state index contributed by atoms with van der Waals surface area (Å²) in [6.45, 7) is 3.34. The highest BCUT2D eigenvalue weighted by Gasteiger charge is 2.20. The maximum atomic E-state index is 12.8. The highest BCUT2D eigenvalue weighted by atomic mass is 32.1. The second-order valence-corrected chi connectivity index (χ2v) is 4.72. The normalized spacial score (nSPS) is 12.3. The third-order valence-corrected chi connectivity index (χ3v) is 3.22. The van der Waals surface area contributed by atoms with Crippen LogP contribution >= 0.6 is 11.3 Å². The van der Waals surface area contributed by atoms with E-state index in [0.717, 1.165) is 4.70 Å². The minimum Gasteiger partial charge on any atom is -0.383 e. The number of benzene rings is 1. The van der Waals surface area contributed by atoms with Crippen LogP contribution in [0.1, 0.15) is 18.9 Å². The molecule has 1 aromatic heterocycles. The van der Waals surface area contributed by atoms with Crippen molar-refractivity contribution in [3.63, 3.8) is 0 Å². The molecule has 0 spiro atoms. The van der Waals surface area contributed by atoms with Gasteiger partial charge in [-0.3, -0.25) is 0 Å². The van der Waals surface area contributed by atoms with E-state index < -0.39 is 5.60 Å². The van der Waals surface area contributed by atoms with Crippen molar-refractivity contribution in [2.24, 2.45) is 0 Å². The molecule has 0 amide bonds. The van der Waals surface area contributed by atoms with Crippen molar-refractivity contribution < 1.29 is 9.50 Å². The van der Waals surface area contributed by atoms with E-state index in [4.69, 9.17) is 0 Å².